The fourth-order valence-electron chi connectivity index (χ4n) is 1.66. The van der Waals surface area contributed by atoms with E-state index in [-0.39, 0.29) is 11.7 Å². The van der Waals surface area contributed by atoms with Gasteiger partial charge in [0.25, 0.3) is 0 Å². The zero-order chi connectivity index (χ0) is 11.8. The van der Waals surface area contributed by atoms with Crippen molar-refractivity contribution in [3.05, 3.63) is 0 Å². The van der Waals surface area contributed by atoms with Gasteiger partial charge in [0.1, 0.15) is 5.84 Å². The number of oxime groups is 1. The Labute approximate surface area is 99.8 Å². The third-order valence-electron chi connectivity index (χ3n) is 2.65. The molecule has 16 heavy (non-hydrogen) atoms. The highest BCUT2D eigenvalue weighted by Gasteiger charge is 2.16. The van der Waals surface area contributed by atoms with Crippen LogP contribution in [0.2, 0.25) is 0 Å². The summed E-state index contributed by atoms with van der Waals surface area (Å²) in [5, 5.41) is 13.9. The Kier molecular flexibility index (Phi) is 6.07. The lowest BCUT2D eigenvalue weighted by molar-refractivity contribution is -0.122. The predicted octanol–water partition coefficient (Wildman–Crippen LogP) is 0.772. The summed E-state index contributed by atoms with van der Waals surface area (Å²) in [6.45, 7) is 0.441. The van der Waals surface area contributed by atoms with Crippen LogP contribution in [0.25, 0.3) is 0 Å². The Morgan fingerprint density at radius 3 is 2.81 bits per heavy atom. The lowest BCUT2D eigenvalue weighted by Crippen LogP contribution is -2.30. The van der Waals surface area contributed by atoms with E-state index in [1.54, 1.807) is 0 Å². The number of nitrogens with one attached hydrogen (secondary N) is 1. The van der Waals surface area contributed by atoms with Crippen LogP contribution in [0.4, 0.5) is 0 Å². The number of amides is 1. The molecule has 1 rings (SSSR count). The van der Waals surface area contributed by atoms with Crippen molar-refractivity contribution in [2.75, 3.05) is 18.1 Å². The van der Waals surface area contributed by atoms with Crippen molar-refractivity contribution in [3.63, 3.8) is 0 Å². The van der Waals surface area contributed by atoms with Crippen molar-refractivity contribution in [1.29, 1.82) is 0 Å². The second-order valence-electron chi connectivity index (χ2n) is 3.95. The number of nitrogens with two attached hydrogens (primary N) is 1. The molecule has 4 N–H and O–H groups in total. The molecule has 1 fully saturated rings. The largest absolute Gasteiger partial charge is 0.409 e. The quantitative estimate of drug-likeness (QED) is 0.289. The summed E-state index contributed by atoms with van der Waals surface area (Å²) in [5.74, 6) is 3.09. The molecule has 1 aliphatic heterocycles. The van der Waals surface area contributed by atoms with E-state index in [1.165, 1.54) is 11.5 Å². The van der Waals surface area contributed by atoms with Gasteiger partial charge in [-0.3, -0.25) is 4.79 Å². The average Bonchev–Trinajstić information content (AvgIpc) is 2.30. The second-order valence-corrected chi connectivity index (χ2v) is 5.18. The first-order chi connectivity index (χ1) is 7.72. The van der Waals surface area contributed by atoms with Crippen molar-refractivity contribution in [1.82, 2.24) is 5.32 Å². The van der Waals surface area contributed by atoms with Crippen molar-refractivity contribution in [2.45, 2.75) is 25.7 Å². The molecule has 0 saturated carbocycles. The normalized spacial score (nSPS) is 18.4. The van der Waals surface area contributed by atoms with E-state index in [0.717, 1.165) is 12.8 Å². The molecule has 0 aliphatic carbocycles. The lowest BCUT2D eigenvalue weighted by Gasteiger charge is -2.20. The third-order valence-corrected chi connectivity index (χ3v) is 3.70. The minimum atomic E-state index is 0.0719. The van der Waals surface area contributed by atoms with Crippen LogP contribution in [0, 0.1) is 5.92 Å². The van der Waals surface area contributed by atoms with E-state index in [2.05, 4.69) is 10.5 Å². The van der Waals surface area contributed by atoms with Gasteiger partial charge in [0, 0.05) is 19.4 Å². The highest BCUT2D eigenvalue weighted by molar-refractivity contribution is 7.99. The molecule has 1 aliphatic rings. The minimum absolute atomic E-state index is 0.0719. The van der Waals surface area contributed by atoms with Crippen molar-refractivity contribution in [3.8, 4) is 0 Å². The standard InChI is InChI=1S/C10H19N3O2S/c11-9(13-15)1-4-12-10(14)7-8-2-5-16-6-3-8/h8,15H,1-7H2,(H2,11,13)(H,12,14). The van der Waals surface area contributed by atoms with E-state index < -0.39 is 0 Å². The van der Waals surface area contributed by atoms with Crippen LogP contribution in [0.15, 0.2) is 5.16 Å². The van der Waals surface area contributed by atoms with Crippen LogP contribution in [-0.2, 0) is 4.79 Å². The maximum absolute atomic E-state index is 11.5. The molecule has 1 heterocycles. The number of hydrogen-bond acceptors (Lipinski definition) is 4. The predicted molar refractivity (Wildman–Crippen MR) is 65.7 cm³/mol. The van der Waals surface area contributed by atoms with Crippen LogP contribution in [0.5, 0.6) is 0 Å². The van der Waals surface area contributed by atoms with E-state index in [1.807, 2.05) is 11.8 Å². The van der Waals surface area contributed by atoms with E-state index in [0.29, 0.717) is 25.3 Å². The van der Waals surface area contributed by atoms with Gasteiger partial charge in [-0.05, 0) is 30.3 Å². The smallest absolute Gasteiger partial charge is 0.220 e. The number of amidine groups is 1. The number of carbonyl (C=O) groups excluding carboxylic acids is 1. The van der Waals surface area contributed by atoms with Gasteiger partial charge < -0.3 is 16.3 Å². The lowest BCUT2D eigenvalue weighted by atomic mass is 9.98. The van der Waals surface area contributed by atoms with Gasteiger partial charge in [-0.1, -0.05) is 5.16 Å². The summed E-state index contributed by atoms with van der Waals surface area (Å²) < 4.78 is 0. The molecule has 92 valence electrons. The summed E-state index contributed by atoms with van der Waals surface area (Å²) >= 11 is 1.96. The second kappa shape index (κ2) is 7.38. The topological polar surface area (TPSA) is 87.7 Å². The van der Waals surface area contributed by atoms with Gasteiger partial charge in [-0.15, -0.1) is 0 Å². The summed E-state index contributed by atoms with van der Waals surface area (Å²) in [6, 6.07) is 0. The van der Waals surface area contributed by atoms with Gasteiger partial charge >= 0.3 is 0 Å². The third kappa shape index (κ3) is 5.25. The maximum Gasteiger partial charge on any atom is 0.220 e. The van der Waals surface area contributed by atoms with E-state index in [9.17, 15) is 4.79 Å². The first kappa shape index (κ1) is 13.2. The Morgan fingerprint density at radius 2 is 2.19 bits per heavy atom. The highest BCUT2D eigenvalue weighted by Crippen LogP contribution is 2.24. The Morgan fingerprint density at radius 1 is 1.50 bits per heavy atom. The molecule has 0 unspecified atom stereocenters. The molecule has 5 nitrogen and oxygen atoms in total. The van der Waals surface area contributed by atoms with E-state index >= 15 is 0 Å². The van der Waals surface area contributed by atoms with Gasteiger partial charge in [0.05, 0.1) is 0 Å². The zero-order valence-corrected chi connectivity index (χ0v) is 10.1. The maximum atomic E-state index is 11.5. The molecular weight excluding hydrogens is 226 g/mol. The van der Waals surface area contributed by atoms with Gasteiger partial charge in [0.15, 0.2) is 0 Å². The van der Waals surface area contributed by atoms with Crippen molar-refractivity contribution in [2.24, 2.45) is 16.8 Å². The zero-order valence-electron chi connectivity index (χ0n) is 9.32. The van der Waals surface area contributed by atoms with Crippen LogP contribution in [0.1, 0.15) is 25.7 Å². The summed E-state index contributed by atoms with van der Waals surface area (Å²) in [6.07, 6.45) is 3.27. The highest BCUT2D eigenvalue weighted by atomic mass is 32.2. The average molecular weight is 245 g/mol. The Balaban J connectivity index is 2.10. The SMILES string of the molecule is NC(CCNC(=O)CC1CCSCC1)=NO. The van der Waals surface area contributed by atoms with Crippen LogP contribution >= 0.6 is 11.8 Å². The monoisotopic (exact) mass is 245 g/mol. The molecule has 0 radical (unpaired) electrons. The number of carbonyl (C=O) groups is 1. The molecule has 0 aromatic carbocycles. The van der Waals surface area contributed by atoms with Crippen molar-refractivity contribution < 1.29 is 10.0 Å². The summed E-state index contributed by atoms with van der Waals surface area (Å²) in [4.78, 5) is 11.5. The Bertz CT molecular complexity index is 252. The van der Waals surface area contributed by atoms with Gasteiger partial charge in [0.2, 0.25) is 5.91 Å². The first-order valence-electron chi connectivity index (χ1n) is 5.53. The molecule has 0 aromatic rings. The molecular formula is C10H19N3O2S. The molecule has 0 atom stereocenters. The molecule has 0 spiro atoms. The Hall–Kier alpha value is -0.910. The van der Waals surface area contributed by atoms with Crippen LogP contribution in [-0.4, -0.2) is 35.0 Å². The summed E-state index contributed by atoms with van der Waals surface area (Å²) in [5.41, 5.74) is 5.29. The fourth-order valence-corrected chi connectivity index (χ4v) is 2.87. The number of rotatable bonds is 5. The number of thioether (sulfide) groups is 1. The summed E-state index contributed by atoms with van der Waals surface area (Å²) in [7, 11) is 0. The van der Waals surface area contributed by atoms with Gasteiger partial charge in [-0.25, -0.2) is 0 Å². The molecule has 0 aromatic heterocycles. The number of nitrogens with zero attached hydrogens (tertiary/aromatic N) is 1. The molecule has 6 heteroatoms. The first-order valence-corrected chi connectivity index (χ1v) is 6.68. The van der Waals surface area contributed by atoms with E-state index in [4.69, 9.17) is 10.9 Å². The minimum Gasteiger partial charge on any atom is -0.409 e. The fraction of sp³-hybridized carbons (Fsp3) is 0.800. The number of hydrogen-bond donors (Lipinski definition) is 3. The van der Waals surface area contributed by atoms with Crippen LogP contribution in [0.3, 0.4) is 0 Å². The van der Waals surface area contributed by atoms with Gasteiger partial charge in [-0.2, -0.15) is 11.8 Å². The molecule has 1 amide bonds. The molecule has 0 bridgehead atoms. The molecule has 1 saturated heterocycles. The van der Waals surface area contributed by atoms with Crippen molar-refractivity contribution >= 4 is 23.5 Å². The van der Waals surface area contributed by atoms with Crippen LogP contribution < -0.4 is 11.1 Å².